The van der Waals surface area contributed by atoms with Gasteiger partial charge in [0.05, 0.1) is 22.5 Å². The van der Waals surface area contributed by atoms with Crippen molar-refractivity contribution in [1.82, 2.24) is 4.90 Å². The molecule has 1 aromatic rings. The number of amides is 1. The van der Waals surface area contributed by atoms with Gasteiger partial charge in [-0.2, -0.15) is 0 Å². The van der Waals surface area contributed by atoms with Gasteiger partial charge in [-0.1, -0.05) is 12.1 Å². The Labute approximate surface area is 178 Å². The highest BCUT2D eigenvalue weighted by atomic mass is 32.2. The van der Waals surface area contributed by atoms with Crippen LogP contribution in [0.5, 0.6) is 0 Å². The first-order valence-corrected chi connectivity index (χ1v) is 12.2. The summed E-state index contributed by atoms with van der Waals surface area (Å²) in [6.07, 6.45) is 7.30. The number of aliphatic carboxylic acids is 1. The summed E-state index contributed by atoms with van der Waals surface area (Å²) in [5.74, 6) is -0.790. The Hall–Kier alpha value is -2.13. The monoisotopic (exact) mass is 439 g/mol. The molecule has 1 amide bonds. The molecule has 0 aliphatic heterocycles. The van der Waals surface area contributed by atoms with E-state index in [9.17, 15) is 18.0 Å². The number of nitrogens with zero attached hydrogens (tertiary/aromatic N) is 1. The lowest BCUT2D eigenvalue weighted by atomic mass is 9.78. The van der Waals surface area contributed by atoms with Crippen LogP contribution in [0.15, 0.2) is 29.2 Å². The number of benzene rings is 1. The number of carbonyl (C=O) groups excluding carboxylic acids is 1. The first-order chi connectivity index (χ1) is 14.0. The number of hydrogen-bond acceptors (Lipinski definition) is 6. The fourth-order valence-corrected chi connectivity index (χ4v) is 4.76. The van der Waals surface area contributed by atoms with Crippen molar-refractivity contribution in [2.45, 2.75) is 61.9 Å². The number of sulfone groups is 1. The average Bonchev–Trinajstić information content (AvgIpc) is 2.65. The predicted octanol–water partition coefficient (Wildman–Crippen LogP) is 1.89. The van der Waals surface area contributed by atoms with Crippen LogP contribution in [0.1, 0.15) is 44.9 Å². The van der Waals surface area contributed by atoms with Crippen molar-refractivity contribution in [2.75, 3.05) is 19.0 Å². The Balaban J connectivity index is 0.000000248. The molecule has 30 heavy (non-hydrogen) atoms. The highest BCUT2D eigenvalue weighted by Crippen LogP contribution is 2.32. The molecule has 9 heteroatoms. The Morgan fingerprint density at radius 2 is 1.67 bits per heavy atom. The van der Waals surface area contributed by atoms with Gasteiger partial charge in [-0.3, -0.25) is 9.59 Å². The van der Waals surface area contributed by atoms with Crippen LogP contribution in [0.4, 0.5) is 5.69 Å². The molecule has 0 radical (unpaired) electrons. The number of para-hydroxylation sites is 1. The van der Waals surface area contributed by atoms with Crippen molar-refractivity contribution in [2.24, 2.45) is 17.6 Å². The van der Waals surface area contributed by atoms with Gasteiger partial charge in [0, 0.05) is 19.3 Å². The van der Waals surface area contributed by atoms with Crippen molar-refractivity contribution < 1.29 is 23.1 Å². The number of carbonyl (C=O) groups is 2. The molecule has 2 fully saturated rings. The Kier molecular flexibility index (Phi) is 8.25. The van der Waals surface area contributed by atoms with Crippen molar-refractivity contribution in [3.8, 4) is 0 Å². The van der Waals surface area contributed by atoms with E-state index in [0.29, 0.717) is 24.6 Å². The van der Waals surface area contributed by atoms with E-state index < -0.39 is 21.8 Å². The van der Waals surface area contributed by atoms with E-state index >= 15 is 0 Å². The summed E-state index contributed by atoms with van der Waals surface area (Å²) in [7, 11) is -1.32. The molecule has 0 saturated heterocycles. The molecular formula is C21H33N3O5S. The zero-order chi connectivity index (χ0) is 22.5. The minimum Gasteiger partial charge on any atom is -0.481 e. The molecule has 1 atom stereocenters. The highest BCUT2D eigenvalue weighted by Gasteiger charge is 2.35. The Bertz CT molecular complexity index is 846. The Morgan fingerprint density at radius 3 is 2.07 bits per heavy atom. The van der Waals surface area contributed by atoms with Crippen molar-refractivity contribution >= 4 is 27.4 Å². The third kappa shape index (κ3) is 6.18. The van der Waals surface area contributed by atoms with Gasteiger partial charge in [-0.05, 0) is 63.0 Å². The van der Waals surface area contributed by atoms with Gasteiger partial charge in [0.1, 0.15) is 0 Å². The number of hydrogen-bond donors (Lipinski definition) is 3. The van der Waals surface area contributed by atoms with Crippen LogP contribution in [0.25, 0.3) is 0 Å². The Morgan fingerprint density at radius 1 is 1.10 bits per heavy atom. The lowest BCUT2D eigenvalue weighted by Gasteiger charge is -2.38. The summed E-state index contributed by atoms with van der Waals surface area (Å²) >= 11 is 0. The maximum absolute atomic E-state index is 12.3. The van der Waals surface area contributed by atoms with Gasteiger partial charge in [0.15, 0.2) is 9.84 Å². The van der Waals surface area contributed by atoms with Gasteiger partial charge in [-0.25, -0.2) is 8.42 Å². The normalized spacial score (nSPS) is 22.8. The number of anilines is 1. The number of carboxylic acids is 1. The molecule has 0 spiro atoms. The molecule has 2 aliphatic rings. The van der Waals surface area contributed by atoms with E-state index in [1.54, 1.807) is 23.1 Å². The van der Waals surface area contributed by atoms with Crippen LogP contribution < -0.4 is 11.5 Å². The maximum Gasteiger partial charge on any atom is 0.306 e. The molecule has 0 heterocycles. The summed E-state index contributed by atoms with van der Waals surface area (Å²) in [6.45, 7) is 0. The molecule has 5 N–H and O–H groups in total. The zero-order valence-electron chi connectivity index (χ0n) is 17.7. The van der Waals surface area contributed by atoms with Crippen LogP contribution in [0.2, 0.25) is 0 Å². The molecule has 0 bridgehead atoms. The van der Waals surface area contributed by atoms with Gasteiger partial charge in [0.2, 0.25) is 5.91 Å². The minimum absolute atomic E-state index is 0.0310. The maximum atomic E-state index is 12.3. The summed E-state index contributed by atoms with van der Waals surface area (Å²) in [5, 5.41) is 8.97. The molecule has 3 rings (SSSR count). The lowest BCUT2D eigenvalue weighted by molar-refractivity contribution is -0.143. The van der Waals surface area contributed by atoms with Crippen LogP contribution >= 0.6 is 0 Å². The zero-order valence-corrected chi connectivity index (χ0v) is 18.5. The smallest absolute Gasteiger partial charge is 0.306 e. The van der Waals surface area contributed by atoms with E-state index in [1.165, 1.54) is 12.5 Å². The molecule has 0 unspecified atom stereocenters. The van der Waals surface area contributed by atoms with Crippen molar-refractivity contribution in [1.29, 1.82) is 0 Å². The summed E-state index contributed by atoms with van der Waals surface area (Å²) < 4.78 is 21.9. The van der Waals surface area contributed by atoms with E-state index in [0.717, 1.165) is 31.9 Å². The molecule has 0 aromatic heterocycles. The second-order valence-corrected chi connectivity index (χ2v) is 10.3. The standard InChI is InChI=1S/C14H24N2O3.C7H9NO2S/c1-16(11-3-2-4-11)13(17)12(15)9-5-7-10(8-6-9)14(18)19;1-11(9,10)7-5-3-2-4-6(7)8/h9-12H,2-8,15H2,1H3,(H,18,19);2-5H,8H2,1H3/t9?,10?,12-;/m0./s1. The summed E-state index contributed by atoms with van der Waals surface area (Å²) in [5.41, 5.74) is 11.8. The first-order valence-electron chi connectivity index (χ1n) is 10.3. The quantitative estimate of drug-likeness (QED) is 0.594. The second-order valence-electron chi connectivity index (χ2n) is 8.32. The summed E-state index contributed by atoms with van der Waals surface area (Å²) in [4.78, 5) is 25.2. The van der Waals surface area contributed by atoms with Crippen LogP contribution in [0, 0.1) is 11.8 Å². The largest absolute Gasteiger partial charge is 0.481 e. The average molecular weight is 440 g/mol. The van der Waals surface area contributed by atoms with Crippen LogP contribution in [-0.4, -0.2) is 55.7 Å². The number of nitrogens with two attached hydrogens (primary N) is 2. The fraction of sp³-hybridized carbons (Fsp3) is 0.619. The molecular weight excluding hydrogens is 406 g/mol. The third-order valence-electron chi connectivity index (χ3n) is 6.20. The number of rotatable bonds is 5. The van der Waals surface area contributed by atoms with Gasteiger partial charge in [0.25, 0.3) is 0 Å². The van der Waals surface area contributed by atoms with Crippen LogP contribution in [0.3, 0.4) is 0 Å². The van der Waals surface area contributed by atoms with Gasteiger partial charge in [-0.15, -0.1) is 0 Å². The molecule has 2 saturated carbocycles. The number of nitrogen functional groups attached to an aromatic ring is 1. The molecule has 1 aromatic carbocycles. The molecule has 2 aliphatic carbocycles. The third-order valence-corrected chi connectivity index (χ3v) is 7.37. The number of likely N-dealkylation sites (N-methyl/N-ethyl adjacent to an activating group) is 1. The van der Waals surface area contributed by atoms with Gasteiger partial charge >= 0.3 is 5.97 Å². The minimum atomic E-state index is -3.16. The predicted molar refractivity (Wildman–Crippen MR) is 115 cm³/mol. The van der Waals surface area contributed by atoms with E-state index in [1.807, 2.05) is 7.05 Å². The first kappa shape index (κ1) is 24.1. The van der Waals surface area contributed by atoms with Crippen molar-refractivity contribution in [3.63, 3.8) is 0 Å². The molecule has 8 nitrogen and oxygen atoms in total. The lowest BCUT2D eigenvalue weighted by Crippen LogP contribution is -2.52. The summed E-state index contributed by atoms with van der Waals surface area (Å²) in [6, 6.07) is 6.31. The second kappa shape index (κ2) is 10.3. The number of carboxylic acid groups (broad SMARTS) is 1. The fourth-order valence-electron chi connectivity index (χ4n) is 3.93. The highest BCUT2D eigenvalue weighted by molar-refractivity contribution is 7.90. The van der Waals surface area contributed by atoms with E-state index in [-0.39, 0.29) is 22.6 Å². The topological polar surface area (TPSA) is 144 Å². The van der Waals surface area contributed by atoms with Gasteiger partial charge < -0.3 is 21.5 Å². The SMILES string of the molecule is CN(C(=O)[C@@H](N)C1CCC(C(=O)O)CC1)C1CCC1.CS(=O)(=O)c1ccccc1N. The van der Waals surface area contributed by atoms with E-state index in [4.69, 9.17) is 16.6 Å². The van der Waals surface area contributed by atoms with Crippen LogP contribution in [-0.2, 0) is 19.4 Å². The molecule has 168 valence electrons. The van der Waals surface area contributed by atoms with E-state index in [2.05, 4.69) is 0 Å². The van der Waals surface area contributed by atoms with Crippen molar-refractivity contribution in [3.05, 3.63) is 24.3 Å².